The first kappa shape index (κ1) is 19.8. The van der Waals surface area contributed by atoms with Gasteiger partial charge in [-0.15, -0.1) is 11.3 Å². The largest absolute Gasteiger partial charge is 0.478 e. The molecule has 3 aromatic rings. The lowest BCUT2D eigenvalue weighted by atomic mass is 10.0. The summed E-state index contributed by atoms with van der Waals surface area (Å²) in [6, 6.07) is 15.0. The van der Waals surface area contributed by atoms with Crippen LogP contribution >= 0.6 is 34.9 Å². The number of rotatable bonds is 6. The molecular formula is C22H17ClN2O2S2. The molecule has 1 fully saturated rings. The molecule has 0 bridgehead atoms. The van der Waals surface area contributed by atoms with Gasteiger partial charge in [-0.2, -0.15) is 5.26 Å². The van der Waals surface area contributed by atoms with Gasteiger partial charge in [-0.05, 0) is 85.2 Å². The number of halogens is 1. The number of thiophene rings is 1. The summed E-state index contributed by atoms with van der Waals surface area (Å²) in [5, 5.41) is 18.8. The number of carbonyl (C=O) groups is 1. The SMILES string of the molecule is Cc1cc(C#N)cc(NSc2cc(C(=O)O)ccc2C2CC2)c1-c1ccc(Cl)s1. The van der Waals surface area contributed by atoms with E-state index < -0.39 is 5.97 Å². The number of hydrogen-bond acceptors (Lipinski definition) is 5. The van der Waals surface area contributed by atoms with Gasteiger partial charge in [0.05, 0.1) is 27.2 Å². The number of nitrogens with zero attached hydrogens (tertiary/aromatic N) is 1. The highest BCUT2D eigenvalue weighted by Crippen LogP contribution is 2.45. The summed E-state index contributed by atoms with van der Waals surface area (Å²) < 4.78 is 4.08. The van der Waals surface area contributed by atoms with Crippen LogP contribution in [0.5, 0.6) is 0 Å². The molecule has 0 amide bonds. The molecule has 2 aromatic carbocycles. The van der Waals surface area contributed by atoms with Crippen molar-refractivity contribution in [3.63, 3.8) is 0 Å². The summed E-state index contributed by atoms with van der Waals surface area (Å²) in [4.78, 5) is 13.3. The predicted octanol–water partition coefficient (Wildman–Crippen LogP) is 6.94. The van der Waals surface area contributed by atoms with Crippen molar-refractivity contribution >= 4 is 46.5 Å². The van der Waals surface area contributed by atoms with Crippen molar-refractivity contribution in [1.29, 1.82) is 5.26 Å². The quantitative estimate of drug-likeness (QED) is 0.406. The molecule has 0 aliphatic heterocycles. The van der Waals surface area contributed by atoms with Crippen molar-refractivity contribution in [2.45, 2.75) is 30.6 Å². The van der Waals surface area contributed by atoms with E-state index in [4.69, 9.17) is 11.6 Å². The molecule has 0 radical (unpaired) electrons. The third kappa shape index (κ3) is 4.27. The standard InChI is InChI=1S/C22H17ClN2O2S2/c1-12-8-13(11-24)9-17(21(12)18-6-7-20(23)28-18)25-29-19-10-15(22(26)27)4-5-16(19)14-2-3-14/h4-10,14,25H,2-3H2,1H3,(H,26,27). The number of carboxylic acids is 1. The van der Waals surface area contributed by atoms with Gasteiger partial charge in [0.25, 0.3) is 0 Å². The van der Waals surface area contributed by atoms with Crippen molar-refractivity contribution in [3.8, 4) is 16.5 Å². The third-order valence-electron chi connectivity index (χ3n) is 4.83. The molecule has 4 rings (SSSR count). The summed E-state index contributed by atoms with van der Waals surface area (Å²) in [5.41, 5.74) is 4.79. The second-order valence-corrected chi connectivity index (χ2v) is 9.53. The number of carboxylic acid groups (broad SMARTS) is 1. The molecule has 1 aliphatic carbocycles. The average molecular weight is 441 g/mol. The molecule has 1 saturated carbocycles. The van der Waals surface area contributed by atoms with Crippen LogP contribution in [0.15, 0.2) is 47.4 Å². The van der Waals surface area contributed by atoms with Crippen LogP contribution in [0.4, 0.5) is 5.69 Å². The molecule has 0 unspecified atom stereocenters. The number of nitriles is 1. The van der Waals surface area contributed by atoms with Crippen LogP contribution in [0, 0.1) is 18.3 Å². The second kappa shape index (κ2) is 8.11. The Hall–Kier alpha value is -2.46. The van der Waals surface area contributed by atoms with Crippen molar-refractivity contribution in [1.82, 2.24) is 0 Å². The minimum atomic E-state index is -0.939. The highest BCUT2D eigenvalue weighted by Gasteiger charge is 2.27. The summed E-state index contributed by atoms with van der Waals surface area (Å²) in [6.45, 7) is 1.97. The molecular weight excluding hydrogens is 424 g/mol. The van der Waals surface area contributed by atoms with Crippen molar-refractivity contribution in [2.75, 3.05) is 4.72 Å². The van der Waals surface area contributed by atoms with E-state index in [0.717, 1.165) is 39.4 Å². The number of anilines is 1. The minimum Gasteiger partial charge on any atom is -0.478 e. The number of aryl methyl sites for hydroxylation is 1. The van der Waals surface area contributed by atoms with Crippen molar-refractivity contribution in [3.05, 3.63) is 69.1 Å². The molecule has 1 heterocycles. The van der Waals surface area contributed by atoms with E-state index in [2.05, 4.69) is 10.8 Å². The van der Waals surface area contributed by atoms with Gasteiger partial charge in [0.2, 0.25) is 0 Å². The monoisotopic (exact) mass is 440 g/mol. The Kier molecular flexibility index (Phi) is 5.55. The number of nitrogens with one attached hydrogen (secondary N) is 1. The number of aromatic carboxylic acids is 1. The van der Waals surface area contributed by atoms with Crippen LogP contribution in [0.1, 0.15) is 45.8 Å². The molecule has 0 spiro atoms. The van der Waals surface area contributed by atoms with Crippen LogP contribution in [0.2, 0.25) is 4.34 Å². The molecule has 29 heavy (non-hydrogen) atoms. The molecule has 0 saturated heterocycles. The third-order valence-corrected chi connectivity index (χ3v) is 6.98. The lowest BCUT2D eigenvalue weighted by Crippen LogP contribution is -2.00. The topological polar surface area (TPSA) is 73.1 Å². The Morgan fingerprint density at radius 2 is 2.07 bits per heavy atom. The summed E-state index contributed by atoms with van der Waals surface area (Å²) in [7, 11) is 0. The smallest absolute Gasteiger partial charge is 0.335 e. The fourth-order valence-electron chi connectivity index (χ4n) is 3.31. The summed E-state index contributed by atoms with van der Waals surface area (Å²) in [6.07, 6.45) is 2.25. The molecule has 1 aromatic heterocycles. The van der Waals surface area contributed by atoms with Crippen molar-refractivity contribution in [2.24, 2.45) is 0 Å². The van der Waals surface area contributed by atoms with Crippen molar-refractivity contribution < 1.29 is 9.90 Å². The van der Waals surface area contributed by atoms with Crippen LogP contribution < -0.4 is 4.72 Å². The normalized spacial score (nSPS) is 13.1. The van der Waals surface area contributed by atoms with Crippen LogP contribution in [0.25, 0.3) is 10.4 Å². The lowest BCUT2D eigenvalue weighted by Gasteiger charge is -2.15. The van der Waals surface area contributed by atoms with E-state index in [1.807, 2.05) is 37.3 Å². The molecule has 2 N–H and O–H groups in total. The maximum Gasteiger partial charge on any atom is 0.335 e. The predicted molar refractivity (Wildman–Crippen MR) is 119 cm³/mol. The highest BCUT2D eigenvalue weighted by atomic mass is 35.5. The molecule has 4 nitrogen and oxygen atoms in total. The number of hydrogen-bond donors (Lipinski definition) is 2. The Labute approximate surface area is 182 Å². The maximum absolute atomic E-state index is 11.4. The van der Waals surface area contributed by atoms with Crippen LogP contribution in [0.3, 0.4) is 0 Å². The first-order valence-electron chi connectivity index (χ1n) is 9.07. The maximum atomic E-state index is 11.4. The lowest BCUT2D eigenvalue weighted by molar-refractivity contribution is 0.0696. The van der Waals surface area contributed by atoms with Gasteiger partial charge < -0.3 is 9.83 Å². The zero-order chi connectivity index (χ0) is 20.5. The van der Waals surface area contributed by atoms with E-state index in [-0.39, 0.29) is 5.56 Å². The first-order chi connectivity index (χ1) is 14.0. The Morgan fingerprint density at radius 3 is 2.69 bits per heavy atom. The second-order valence-electron chi connectivity index (χ2n) is 6.97. The van der Waals surface area contributed by atoms with Gasteiger partial charge >= 0.3 is 5.97 Å². The minimum absolute atomic E-state index is 0.269. The molecule has 0 atom stereocenters. The van der Waals surface area contributed by atoms with E-state index in [1.54, 1.807) is 12.1 Å². The first-order valence-corrected chi connectivity index (χ1v) is 11.1. The van der Waals surface area contributed by atoms with E-state index in [9.17, 15) is 15.2 Å². The highest BCUT2D eigenvalue weighted by molar-refractivity contribution is 8.00. The van der Waals surface area contributed by atoms with Gasteiger partial charge in [0.1, 0.15) is 0 Å². The van der Waals surface area contributed by atoms with Gasteiger partial charge in [0, 0.05) is 15.3 Å². The fraction of sp³-hybridized carbons (Fsp3) is 0.182. The zero-order valence-corrected chi connectivity index (χ0v) is 17.9. The van der Waals surface area contributed by atoms with Crippen LogP contribution in [-0.4, -0.2) is 11.1 Å². The van der Waals surface area contributed by atoms with Gasteiger partial charge in [0.15, 0.2) is 0 Å². The van der Waals surface area contributed by atoms with E-state index in [0.29, 0.717) is 15.8 Å². The Morgan fingerprint density at radius 1 is 1.28 bits per heavy atom. The van der Waals surface area contributed by atoms with Gasteiger partial charge in [-0.3, -0.25) is 0 Å². The van der Waals surface area contributed by atoms with Gasteiger partial charge in [-0.25, -0.2) is 4.79 Å². The fourth-order valence-corrected chi connectivity index (χ4v) is 5.39. The molecule has 7 heteroatoms. The van der Waals surface area contributed by atoms with E-state index in [1.165, 1.54) is 28.8 Å². The zero-order valence-electron chi connectivity index (χ0n) is 15.5. The summed E-state index contributed by atoms with van der Waals surface area (Å²) >= 11 is 9.02. The summed E-state index contributed by atoms with van der Waals surface area (Å²) in [5.74, 6) is -0.449. The van der Waals surface area contributed by atoms with Gasteiger partial charge in [-0.1, -0.05) is 17.7 Å². The van der Waals surface area contributed by atoms with Crippen LogP contribution in [-0.2, 0) is 0 Å². The Bertz CT molecular complexity index is 1150. The molecule has 146 valence electrons. The average Bonchev–Trinajstić information content (AvgIpc) is 3.46. The van der Waals surface area contributed by atoms with E-state index >= 15 is 0 Å². The Balaban J connectivity index is 1.72. The molecule has 1 aliphatic rings. The number of benzene rings is 2.